The molecule has 1 atom stereocenters. The van der Waals surface area contributed by atoms with Gasteiger partial charge in [-0.3, -0.25) is 0 Å². The largest absolute Gasteiger partial charge is 0.341 e. The van der Waals surface area contributed by atoms with E-state index in [4.69, 9.17) is 0 Å². The summed E-state index contributed by atoms with van der Waals surface area (Å²) < 4.78 is 12.4. The lowest BCUT2D eigenvalue weighted by Gasteiger charge is -2.14. The third kappa shape index (κ3) is 9.74. The normalized spacial score (nSPS) is 13.1. The molecule has 0 bridgehead atoms. The minimum absolute atomic E-state index is 0.404. The molecule has 5 heteroatoms. The van der Waals surface area contributed by atoms with Crippen LogP contribution in [0.1, 0.15) is 87.3 Å². The summed E-state index contributed by atoms with van der Waals surface area (Å²) in [5.74, 6) is 0.404. The summed E-state index contributed by atoms with van der Waals surface area (Å²) in [6, 6.07) is 100. The van der Waals surface area contributed by atoms with E-state index in [0.29, 0.717) is 5.92 Å². The van der Waals surface area contributed by atoms with Crippen LogP contribution in [0.5, 0.6) is 0 Å². The summed E-state index contributed by atoms with van der Waals surface area (Å²) in [6.45, 7) is 27.0. The molecular weight excluding hydrogens is 1280 g/mol. The molecule has 1 unspecified atom stereocenters. The molecule has 14 aromatic carbocycles. The Morgan fingerprint density at radius 3 is 0.632 bits per heavy atom. The van der Waals surface area contributed by atoms with E-state index in [1.54, 1.807) is 0 Å². The van der Waals surface area contributed by atoms with Crippen molar-refractivity contribution in [3.05, 3.63) is 288 Å². The first-order valence-electron chi connectivity index (χ1n) is 38.6. The van der Waals surface area contributed by atoms with Crippen LogP contribution in [0.4, 0.5) is 0 Å². The van der Waals surface area contributed by atoms with Gasteiger partial charge in [0.1, 0.15) is 0 Å². The first kappa shape index (κ1) is 63.7. The Morgan fingerprint density at radius 1 is 0.189 bits per heavy atom. The SMILES string of the molecule is CCC1c2ccc(C)cc2-c2cc(-c3cc(-c4ccc5c(c4)c4cc(C)ccc4n5CC)cc(-c4ccc5c(c4)c4cc(-c6ccc7c(c6)c6cc(-c8cc(-c9ccc%10c(c9)c9cc(C)ccc9n%10CC)cc(-c9ccc%10c(c9)c9cc(C)ccc9n%10CC)c8)ccc6n7CC)ccc4n5CC)c3)ccc21. The molecular formula is C101H85N5. The lowest BCUT2D eigenvalue weighted by atomic mass is 9.90. The van der Waals surface area contributed by atoms with Gasteiger partial charge in [-0.25, -0.2) is 0 Å². The number of nitrogens with zero attached hydrogens (tertiary/aromatic N) is 5. The lowest BCUT2D eigenvalue weighted by Crippen LogP contribution is -1.94. The van der Waals surface area contributed by atoms with Crippen molar-refractivity contribution in [3.63, 3.8) is 0 Å². The first-order valence-corrected chi connectivity index (χ1v) is 38.6. The van der Waals surface area contributed by atoms with E-state index in [1.807, 2.05) is 0 Å². The van der Waals surface area contributed by atoms with Gasteiger partial charge in [0.25, 0.3) is 0 Å². The van der Waals surface area contributed by atoms with Crippen LogP contribution in [0.25, 0.3) is 198 Å². The maximum Gasteiger partial charge on any atom is 0.0491 e. The number of fused-ring (bicyclic) bond motifs is 18. The van der Waals surface area contributed by atoms with E-state index >= 15 is 0 Å². The second kappa shape index (κ2) is 24.3. The van der Waals surface area contributed by atoms with E-state index in [1.165, 1.54) is 231 Å². The molecule has 5 nitrogen and oxygen atoms in total. The zero-order valence-electron chi connectivity index (χ0n) is 62.3. The molecule has 0 aliphatic heterocycles. The highest BCUT2D eigenvalue weighted by molar-refractivity contribution is 6.16. The van der Waals surface area contributed by atoms with Crippen molar-refractivity contribution < 1.29 is 0 Å². The van der Waals surface area contributed by atoms with Crippen molar-refractivity contribution in [2.24, 2.45) is 0 Å². The summed E-state index contributed by atoms with van der Waals surface area (Å²) in [5, 5.41) is 12.9. The average molecular weight is 1370 g/mol. The van der Waals surface area contributed by atoms with Crippen LogP contribution in [-0.4, -0.2) is 22.8 Å². The smallest absolute Gasteiger partial charge is 0.0491 e. The maximum atomic E-state index is 2.51. The van der Waals surface area contributed by atoms with Gasteiger partial charge >= 0.3 is 0 Å². The van der Waals surface area contributed by atoms with Crippen LogP contribution in [0.2, 0.25) is 0 Å². The number of hydrogen-bond acceptors (Lipinski definition) is 0. The number of aryl methyl sites for hydroxylation is 9. The molecule has 19 aromatic rings. The van der Waals surface area contributed by atoms with Gasteiger partial charge in [-0.2, -0.15) is 0 Å². The minimum Gasteiger partial charge on any atom is -0.341 e. The van der Waals surface area contributed by atoms with Crippen molar-refractivity contribution in [2.45, 2.75) is 114 Å². The predicted molar refractivity (Wildman–Crippen MR) is 454 cm³/mol. The summed E-state index contributed by atoms with van der Waals surface area (Å²) >= 11 is 0. The highest BCUT2D eigenvalue weighted by Gasteiger charge is 2.29. The van der Waals surface area contributed by atoms with Gasteiger partial charge in [0, 0.05) is 148 Å². The van der Waals surface area contributed by atoms with Crippen molar-refractivity contribution in [1.82, 2.24) is 22.8 Å². The highest BCUT2D eigenvalue weighted by Crippen LogP contribution is 2.50. The summed E-state index contributed by atoms with van der Waals surface area (Å²) in [5.41, 5.74) is 40.4. The van der Waals surface area contributed by atoms with Crippen LogP contribution in [-0.2, 0) is 32.7 Å². The van der Waals surface area contributed by atoms with Gasteiger partial charge in [0.15, 0.2) is 0 Å². The molecule has 5 heterocycles. The fourth-order valence-corrected chi connectivity index (χ4v) is 19.2. The Labute approximate surface area is 619 Å². The van der Waals surface area contributed by atoms with Gasteiger partial charge in [-0.05, 0) is 333 Å². The zero-order chi connectivity index (χ0) is 71.7. The van der Waals surface area contributed by atoms with Gasteiger partial charge in [-0.1, -0.05) is 120 Å². The highest BCUT2D eigenvalue weighted by atomic mass is 15.0. The Balaban J connectivity index is 0.725. The molecule has 1 aliphatic rings. The van der Waals surface area contributed by atoms with E-state index in [9.17, 15) is 0 Å². The Bertz CT molecular complexity index is 6820. The third-order valence-corrected chi connectivity index (χ3v) is 24.3. The topological polar surface area (TPSA) is 24.6 Å². The molecule has 5 aromatic heterocycles. The minimum atomic E-state index is 0.404. The molecule has 0 saturated carbocycles. The molecule has 514 valence electrons. The molecule has 0 amide bonds. The predicted octanol–water partition coefficient (Wildman–Crippen LogP) is 27.8. The van der Waals surface area contributed by atoms with Crippen LogP contribution in [0, 0.1) is 27.7 Å². The van der Waals surface area contributed by atoms with E-state index in [2.05, 4.69) is 347 Å². The molecule has 1 aliphatic carbocycles. The monoisotopic (exact) mass is 1370 g/mol. The van der Waals surface area contributed by atoms with Gasteiger partial charge in [-0.15, -0.1) is 0 Å². The van der Waals surface area contributed by atoms with Gasteiger partial charge in [0.05, 0.1) is 0 Å². The molecule has 0 N–H and O–H groups in total. The molecule has 0 radical (unpaired) electrons. The fraction of sp³-hybridized carbons (Fsp3) is 0.168. The number of benzene rings is 14. The zero-order valence-corrected chi connectivity index (χ0v) is 62.3. The summed E-state index contributed by atoms with van der Waals surface area (Å²) in [7, 11) is 0. The van der Waals surface area contributed by atoms with Crippen molar-refractivity contribution >= 4 is 109 Å². The van der Waals surface area contributed by atoms with E-state index in [0.717, 1.165) is 39.1 Å². The molecule has 0 spiro atoms. The summed E-state index contributed by atoms with van der Waals surface area (Å²) in [4.78, 5) is 0. The quantitative estimate of drug-likeness (QED) is 0.110. The van der Waals surface area contributed by atoms with Crippen LogP contribution in [0.15, 0.2) is 255 Å². The maximum absolute atomic E-state index is 2.51. The standard InChI is InChI=1S/C101H85N5/c1-11-77-78-29-17-59(7)41-80(78)81-51-65(21-30-79(77)81)71-45-72(66-24-36-95-85(54-66)82-42-60(8)18-31-92(82)102(95)12-2)47-73(46-71)69-27-39-100-90(57-69)88-52-63(22-34-98(88)105(100)15-5)64-23-35-99-89(53-64)91-58-70(28-40-101(91)106(99)16-6)76-49-74(67-25-37-96-86(55-67)83-43-61(9)19-32-93(83)103(96)13-3)48-75(50-76)68-26-38-97-87(56-68)84-44-62(10)20-33-94(84)104(97)14-4/h17-58,77H,11-16H2,1-10H3. The Hall–Kier alpha value is -11.9. The van der Waals surface area contributed by atoms with E-state index < -0.39 is 0 Å². The number of rotatable bonds is 13. The lowest BCUT2D eigenvalue weighted by molar-refractivity contribution is 0.797. The van der Waals surface area contributed by atoms with Gasteiger partial charge in [0.2, 0.25) is 0 Å². The van der Waals surface area contributed by atoms with Crippen molar-refractivity contribution in [2.75, 3.05) is 0 Å². The van der Waals surface area contributed by atoms with Crippen molar-refractivity contribution in [1.29, 1.82) is 0 Å². The number of hydrogen-bond donors (Lipinski definition) is 0. The van der Waals surface area contributed by atoms with Crippen molar-refractivity contribution in [3.8, 4) is 89.0 Å². The Morgan fingerprint density at radius 2 is 0.377 bits per heavy atom. The van der Waals surface area contributed by atoms with Gasteiger partial charge < -0.3 is 22.8 Å². The van der Waals surface area contributed by atoms with E-state index in [-0.39, 0.29) is 0 Å². The molecule has 106 heavy (non-hydrogen) atoms. The second-order valence-electron chi connectivity index (χ2n) is 30.4. The van der Waals surface area contributed by atoms with Crippen LogP contribution in [0.3, 0.4) is 0 Å². The fourth-order valence-electron chi connectivity index (χ4n) is 19.2. The van der Waals surface area contributed by atoms with Crippen LogP contribution < -0.4 is 0 Å². The van der Waals surface area contributed by atoms with Crippen LogP contribution >= 0.6 is 0 Å². The molecule has 0 fully saturated rings. The third-order valence-electron chi connectivity index (χ3n) is 24.3. The average Bonchev–Trinajstić information content (AvgIpc) is 1.62. The second-order valence-corrected chi connectivity index (χ2v) is 30.4. The number of aromatic nitrogens is 5. The Kier molecular flexibility index (Phi) is 14.6. The summed E-state index contributed by atoms with van der Waals surface area (Å²) in [6.07, 6.45) is 1.08. The molecule has 20 rings (SSSR count). The molecule has 0 saturated heterocycles. The first-order chi connectivity index (χ1) is 51.8.